The molecule has 1 fully saturated rings. The highest BCUT2D eigenvalue weighted by Gasteiger charge is 2.27. The molecular weight excluding hydrogens is 369 g/mol. The molecule has 0 nitrogen and oxygen atoms in total. The van der Waals surface area contributed by atoms with Crippen molar-refractivity contribution in [1.82, 2.24) is 0 Å². The minimum absolute atomic E-state index is 0.232. The van der Waals surface area contributed by atoms with Crippen molar-refractivity contribution in [2.75, 3.05) is 0 Å². The highest BCUT2D eigenvalue weighted by Crippen LogP contribution is 2.39. The van der Waals surface area contributed by atoms with Crippen LogP contribution in [0, 0.1) is 23.4 Å². The van der Waals surface area contributed by atoms with Gasteiger partial charge in [0.25, 0.3) is 0 Å². The van der Waals surface area contributed by atoms with Gasteiger partial charge in [0, 0.05) is 0 Å². The van der Waals surface area contributed by atoms with Gasteiger partial charge in [-0.1, -0.05) is 30.3 Å². The van der Waals surface area contributed by atoms with E-state index in [2.05, 4.69) is 30.8 Å². The maximum atomic E-state index is 14.0. The quantitative estimate of drug-likeness (QED) is 0.359. The lowest BCUT2D eigenvalue weighted by atomic mass is 9.76. The molecule has 0 aromatic heterocycles. The van der Waals surface area contributed by atoms with Gasteiger partial charge in [-0.15, -0.1) is 6.58 Å². The first-order valence-electron chi connectivity index (χ1n) is 10.9. The molecule has 154 valence electrons. The first kappa shape index (κ1) is 20.3. The van der Waals surface area contributed by atoms with Crippen LogP contribution in [-0.4, -0.2) is 0 Å². The lowest BCUT2D eigenvalue weighted by molar-refractivity contribution is 0.312. The van der Waals surface area contributed by atoms with Crippen molar-refractivity contribution >= 4 is 0 Å². The third-order valence-corrected chi connectivity index (χ3v) is 7.07. The average molecular weight is 399 g/mol. The van der Waals surface area contributed by atoms with Crippen molar-refractivity contribution in [1.29, 1.82) is 0 Å². The highest BCUT2D eigenvalue weighted by molar-refractivity contribution is 5.37. The molecule has 0 N–H and O–H groups in total. The summed E-state index contributed by atoms with van der Waals surface area (Å²) in [6.45, 7) is 3.83. The van der Waals surface area contributed by atoms with Crippen LogP contribution in [0.15, 0.2) is 43.0 Å². The number of fused-ring (bicyclic) bond motifs is 1. The van der Waals surface area contributed by atoms with E-state index in [0.29, 0.717) is 29.9 Å². The summed E-state index contributed by atoms with van der Waals surface area (Å²) in [4.78, 5) is 0. The molecule has 2 aliphatic carbocycles. The summed E-state index contributed by atoms with van der Waals surface area (Å²) in [7, 11) is 0. The van der Waals surface area contributed by atoms with Crippen LogP contribution in [0.3, 0.4) is 0 Å². The fourth-order valence-corrected chi connectivity index (χ4v) is 5.28. The third kappa shape index (κ3) is 4.29. The van der Waals surface area contributed by atoms with Crippen molar-refractivity contribution < 1.29 is 13.2 Å². The Balaban J connectivity index is 1.41. The van der Waals surface area contributed by atoms with E-state index in [-0.39, 0.29) is 5.92 Å². The number of benzene rings is 2. The van der Waals surface area contributed by atoms with Crippen LogP contribution >= 0.6 is 0 Å². The lowest BCUT2D eigenvalue weighted by Crippen LogP contribution is -2.16. The van der Waals surface area contributed by atoms with Crippen LogP contribution in [0.1, 0.15) is 79.0 Å². The van der Waals surface area contributed by atoms with E-state index >= 15 is 0 Å². The summed E-state index contributed by atoms with van der Waals surface area (Å²) in [6, 6.07) is 10.0. The van der Waals surface area contributed by atoms with Crippen molar-refractivity contribution in [3.63, 3.8) is 0 Å². The Kier molecular flexibility index (Phi) is 6.12. The van der Waals surface area contributed by atoms with Gasteiger partial charge in [-0.3, -0.25) is 0 Å². The molecule has 0 radical (unpaired) electrons. The lowest BCUT2D eigenvalue weighted by Gasteiger charge is -2.29. The minimum atomic E-state index is -1.34. The summed E-state index contributed by atoms with van der Waals surface area (Å²) < 4.78 is 41.1. The minimum Gasteiger partial charge on any atom is -0.204 e. The van der Waals surface area contributed by atoms with Gasteiger partial charge in [0.05, 0.1) is 0 Å². The van der Waals surface area contributed by atoms with E-state index < -0.39 is 17.5 Å². The molecule has 0 amide bonds. The predicted octanol–water partition coefficient (Wildman–Crippen LogP) is 7.62. The van der Waals surface area contributed by atoms with Gasteiger partial charge in [-0.25, -0.2) is 13.2 Å². The molecule has 0 heterocycles. The maximum absolute atomic E-state index is 14.0. The molecule has 0 spiro atoms. The van der Waals surface area contributed by atoms with Crippen molar-refractivity contribution in [2.24, 2.45) is 5.92 Å². The van der Waals surface area contributed by atoms with E-state index in [1.165, 1.54) is 49.3 Å². The summed E-state index contributed by atoms with van der Waals surface area (Å²) >= 11 is 0. The fraction of sp³-hybridized carbons (Fsp3) is 0.462. The first-order chi connectivity index (χ1) is 14.1. The molecule has 1 saturated carbocycles. The normalized spacial score (nSPS) is 24.2. The molecule has 29 heavy (non-hydrogen) atoms. The Morgan fingerprint density at radius 3 is 2.17 bits per heavy atom. The second-order valence-electron chi connectivity index (χ2n) is 8.81. The molecule has 3 heteroatoms. The van der Waals surface area contributed by atoms with E-state index in [1.54, 1.807) is 0 Å². The van der Waals surface area contributed by atoms with Crippen LogP contribution in [0.25, 0.3) is 0 Å². The highest BCUT2D eigenvalue weighted by atomic mass is 19.2. The van der Waals surface area contributed by atoms with Gasteiger partial charge in [0.2, 0.25) is 0 Å². The number of allylic oxidation sites excluding steroid dienone is 1. The van der Waals surface area contributed by atoms with E-state index in [1.807, 2.05) is 6.08 Å². The van der Waals surface area contributed by atoms with Crippen molar-refractivity contribution in [2.45, 2.75) is 69.6 Å². The van der Waals surface area contributed by atoms with Gasteiger partial charge in [0.15, 0.2) is 17.5 Å². The molecule has 0 bridgehead atoms. The van der Waals surface area contributed by atoms with E-state index in [4.69, 9.17) is 0 Å². The fourth-order valence-electron chi connectivity index (χ4n) is 5.28. The smallest absolute Gasteiger partial charge is 0.194 e. The second kappa shape index (κ2) is 8.77. The van der Waals surface area contributed by atoms with Crippen molar-refractivity contribution in [3.05, 3.63) is 82.7 Å². The number of hydrogen-bond donors (Lipinski definition) is 0. The topological polar surface area (TPSA) is 0 Å². The molecule has 0 saturated heterocycles. The Labute approximate surface area is 171 Å². The largest absolute Gasteiger partial charge is 0.204 e. The van der Waals surface area contributed by atoms with E-state index in [9.17, 15) is 13.2 Å². The van der Waals surface area contributed by atoms with Crippen molar-refractivity contribution in [3.8, 4) is 0 Å². The Bertz CT molecular complexity index is 861. The molecule has 2 aromatic carbocycles. The molecule has 0 aliphatic heterocycles. The second-order valence-corrected chi connectivity index (χ2v) is 8.81. The number of rotatable bonds is 5. The summed E-state index contributed by atoms with van der Waals surface area (Å²) in [5.74, 6) is -1.71. The van der Waals surface area contributed by atoms with Gasteiger partial charge in [-0.05, 0) is 104 Å². The molecule has 1 unspecified atom stereocenters. The molecular formula is C26H29F3. The Morgan fingerprint density at radius 1 is 0.862 bits per heavy atom. The third-order valence-electron chi connectivity index (χ3n) is 7.07. The summed E-state index contributed by atoms with van der Waals surface area (Å²) in [6.07, 6.45) is 11.3. The van der Waals surface area contributed by atoms with Crippen LogP contribution in [0.5, 0.6) is 0 Å². The predicted molar refractivity (Wildman–Crippen MR) is 112 cm³/mol. The van der Waals surface area contributed by atoms with Crippen LogP contribution in [-0.2, 0) is 12.8 Å². The first-order valence-corrected chi connectivity index (χ1v) is 10.9. The SMILES string of the molecule is C=CCCC1CCC(c2ccc(C3CCc4c(cc(F)c(F)c4F)C3)cc2)CC1. The molecule has 2 aliphatic rings. The average Bonchev–Trinajstić information content (AvgIpc) is 2.76. The summed E-state index contributed by atoms with van der Waals surface area (Å²) in [5.41, 5.74) is 3.58. The Hall–Kier alpha value is -2.03. The number of halogens is 3. The molecule has 4 rings (SSSR count). The van der Waals surface area contributed by atoms with Gasteiger partial charge in [0.1, 0.15) is 0 Å². The number of hydrogen-bond acceptors (Lipinski definition) is 0. The van der Waals surface area contributed by atoms with E-state index in [0.717, 1.165) is 18.8 Å². The zero-order chi connectivity index (χ0) is 20.4. The standard InChI is InChI=1S/C26H29F3/c1-2-3-4-17-5-7-18(8-6-17)19-9-11-20(12-10-19)21-13-14-23-22(15-21)16-24(27)26(29)25(23)28/h2,9-12,16-18,21H,1,3-8,13-15H2. The Morgan fingerprint density at radius 2 is 1.52 bits per heavy atom. The zero-order valence-electron chi connectivity index (χ0n) is 16.9. The van der Waals surface area contributed by atoms with Gasteiger partial charge >= 0.3 is 0 Å². The molecule has 2 aromatic rings. The van der Waals surface area contributed by atoms with Crippen LogP contribution in [0.4, 0.5) is 13.2 Å². The van der Waals surface area contributed by atoms with Crippen LogP contribution in [0.2, 0.25) is 0 Å². The molecule has 1 atom stereocenters. The maximum Gasteiger partial charge on any atom is 0.194 e. The zero-order valence-corrected chi connectivity index (χ0v) is 16.9. The summed E-state index contributed by atoms with van der Waals surface area (Å²) in [5, 5.41) is 0. The van der Waals surface area contributed by atoms with Gasteiger partial charge in [-0.2, -0.15) is 0 Å². The van der Waals surface area contributed by atoms with Crippen LogP contribution < -0.4 is 0 Å². The van der Waals surface area contributed by atoms with Gasteiger partial charge < -0.3 is 0 Å². The monoisotopic (exact) mass is 398 g/mol.